The second kappa shape index (κ2) is 9.73. The zero-order valence-electron chi connectivity index (χ0n) is 15.0. The summed E-state index contributed by atoms with van der Waals surface area (Å²) in [7, 11) is 1.44. The number of nitrogens with zero attached hydrogens (tertiary/aromatic N) is 1. The van der Waals surface area contributed by atoms with Gasteiger partial charge in [0, 0.05) is 31.5 Å². The van der Waals surface area contributed by atoms with Gasteiger partial charge in [-0.3, -0.25) is 19.8 Å². The number of ether oxygens (including phenoxy) is 1. The summed E-state index contributed by atoms with van der Waals surface area (Å²) in [6, 6.07) is 5.88. The number of urea groups is 1. The highest BCUT2D eigenvalue weighted by Gasteiger charge is 2.16. The first-order valence-electron chi connectivity index (χ1n) is 8.47. The van der Waals surface area contributed by atoms with Crippen LogP contribution in [-0.2, 0) is 14.3 Å². The Balaban J connectivity index is 1.80. The third kappa shape index (κ3) is 6.34. The number of carbonyl (C=O) groups is 3. The van der Waals surface area contributed by atoms with Crippen LogP contribution in [0.5, 0.6) is 0 Å². The number of hydrogen-bond donors (Lipinski definition) is 4. The molecule has 1 aromatic carbocycles. The van der Waals surface area contributed by atoms with Crippen molar-refractivity contribution in [3.8, 4) is 0 Å². The minimum absolute atomic E-state index is 0.0778. The van der Waals surface area contributed by atoms with E-state index in [0.717, 1.165) is 13.1 Å². The lowest BCUT2D eigenvalue weighted by atomic mass is 10.2. The van der Waals surface area contributed by atoms with E-state index in [4.69, 9.17) is 4.74 Å². The van der Waals surface area contributed by atoms with E-state index in [9.17, 15) is 14.4 Å². The van der Waals surface area contributed by atoms with Crippen molar-refractivity contribution in [3.63, 3.8) is 0 Å². The minimum Gasteiger partial charge on any atom is -0.379 e. The molecule has 0 aromatic heterocycles. The maximum absolute atomic E-state index is 12.1. The van der Waals surface area contributed by atoms with Crippen molar-refractivity contribution in [2.75, 3.05) is 50.5 Å². The van der Waals surface area contributed by atoms with Gasteiger partial charge in [0.1, 0.15) is 6.04 Å². The zero-order chi connectivity index (χ0) is 18.9. The molecule has 1 aromatic rings. The normalized spacial score (nSPS) is 15.6. The first-order chi connectivity index (χ1) is 12.5. The summed E-state index contributed by atoms with van der Waals surface area (Å²) in [5.41, 5.74) is 1.38. The Hall–Kier alpha value is -2.65. The number of benzene rings is 1. The number of imide groups is 1. The Bertz CT molecular complexity index is 629. The third-order valence-electron chi connectivity index (χ3n) is 3.88. The van der Waals surface area contributed by atoms with Gasteiger partial charge in [-0.25, -0.2) is 4.79 Å². The molecule has 4 amide bonds. The van der Waals surface area contributed by atoms with Crippen LogP contribution in [0.15, 0.2) is 24.3 Å². The van der Waals surface area contributed by atoms with Crippen molar-refractivity contribution in [1.82, 2.24) is 15.5 Å². The van der Waals surface area contributed by atoms with Crippen molar-refractivity contribution in [3.05, 3.63) is 24.3 Å². The second-order valence-corrected chi connectivity index (χ2v) is 5.95. The van der Waals surface area contributed by atoms with Crippen LogP contribution in [-0.4, -0.2) is 68.7 Å². The fourth-order valence-corrected chi connectivity index (χ4v) is 2.41. The molecule has 9 heteroatoms. The molecule has 1 aliphatic rings. The molecule has 0 saturated carbocycles. The quantitative estimate of drug-likeness (QED) is 0.575. The van der Waals surface area contributed by atoms with Crippen LogP contribution >= 0.6 is 0 Å². The highest BCUT2D eigenvalue weighted by atomic mass is 16.5. The van der Waals surface area contributed by atoms with Crippen molar-refractivity contribution in [2.45, 2.75) is 13.0 Å². The largest absolute Gasteiger partial charge is 0.379 e. The van der Waals surface area contributed by atoms with Gasteiger partial charge in [-0.2, -0.15) is 0 Å². The van der Waals surface area contributed by atoms with Gasteiger partial charge < -0.3 is 20.7 Å². The molecule has 142 valence electrons. The van der Waals surface area contributed by atoms with Crippen LogP contribution in [0.4, 0.5) is 16.2 Å². The number of carbonyl (C=O) groups excluding carboxylic acids is 3. The molecule has 26 heavy (non-hydrogen) atoms. The van der Waals surface area contributed by atoms with Crippen LogP contribution in [0.3, 0.4) is 0 Å². The average molecular weight is 363 g/mol. The van der Waals surface area contributed by atoms with Gasteiger partial charge >= 0.3 is 6.03 Å². The molecular formula is C17H25N5O4. The molecule has 1 aliphatic heterocycles. The van der Waals surface area contributed by atoms with E-state index < -0.39 is 18.0 Å². The summed E-state index contributed by atoms with van der Waals surface area (Å²) >= 11 is 0. The molecule has 0 aliphatic carbocycles. The van der Waals surface area contributed by atoms with Crippen molar-refractivity contribution < 1.29 is 19.1 Å². The van der Waals surface area contributed by atoms with Crippen LogP contribution in [0.2, 0.25) is 0 Å². The van der Waals surface area contributed by atoms with E-state index >= 15 is 0 Å². The highest BCUT2D eigenvalue weighted by molar-refractivity contribution is 5.98. The van der Waals surface area contributed by atoms with Crippen LogP contribution in [0.25, 0.3) is 0 Å². The molecule has 1 saturated heterocycles. The monoisotopic (exact) mass is 363 g/mol. The van der Waals surface area contributed by atoms with Gasteiger partial charge in [-0.15, -0.1) is 0 Å². The fraction of sp³-hybridized carbons (Fsp3) is 0.471. The molecule has 1 fully saturated rings. The Labute approximate surface area is 152 Å². The standard InChI is InChI=1S/C17H25N5O4/c1-12(16(24)21-17(25)18-2)19-13-3-5-14(6-4-13)20-15(23)11-22-7-9-26-10-8-22/h3-6,12,19H,7-11H2,1-2H3,(H,20,23)(H2,18,21,24,25)/t12-/m0/s1. The summed E-state index contributed by atoms with van der Waals surface area (Å²) in [4.78, 5) is 37.1. The zero-order valence-corrected chi connectivity index (χ0v) is 15.0. The van der Waals surface area contributed by atoms with Gasteiger partial charge in [0.15, 0.2) is 0 Å². The van der Waals surface area contributed by atoms with E-state index in [0.29, 0.717) is 31.1 Å². The first kappa shape index (κ1) is 19.7. The second-order valence-electron chi connectivity index (χ2n) is 5.95. The van der Waals surface area contributed by atoms with Crippen LogP contribution in [0, 0.1) is 0 Å². The third-order valence-corrected chi connectivity index (χ3v) is 3.88. The van der Waals surface area contributed by atoms with E-state index in [2.05, 4.69) is 21.3 Å². The summed E-state index contributed by atoms with van der Waals surface area (Å²) in [6.07, 6.45) is 0. The molecule has 1 atom stereocenters. The lowest BCUT2D eigenvalue weighted by Crippen LogP contribution is -2.44. The summed E-state index contributed by atoms with van der Waals surface area (Å²) in [5, 5.41) is 10.4. The topological polar surface area (TPSA) is 112 Å². The van der Waals surface area contributed by atoms with E-state index in [-0.39, 0.29) is 5.91 Å². The Morgan fingerprint density at radius 2 is 1.73 bits per heavy atom. The number of anilines is 2. The predicted molar refractivity (Wildman–Crippen MR) is 98.0 cm³/mol. The van der Waals surface area contributed by atoms with Gasteiger partial charge in [0.05, 0.1) is 19.8 Å². The lowest BCUT2D eigenvalue weighted by molar-refractivity contribution is -0.120. The van der Waals surface area contributed by atoms with Gasteiger partial charge in [-0.05, 0) is 31.2 Å². The van der Waals surface area contributed by atoms with E-state index in [1.54, 1.807) is 31.2 Å². The molecule has 2 rings (SSSR count). The average Bonchev–Trinajstić information content (AvgIpc) is 2.63. The number of hydrogen-bond acceptors (Lipinski definition) is 6. The number of amides is 4. The first-order valence-corrected chi connectivity index (χ1v) is 8.47. The minimum atomic E-state index is -0.589. The van der Waals surface area contributed by atoms with Crippen molar-refractivity contribution >= 4 is 29.2 Å². The molecular weight excluding hydrogens is 338 g/mol. The van der Waals surface area contributed by atoms with Crippen LogP contribution < -0.4 is 21.3 Å². The van der Waals surface area contributed by atoms with Crippen molar-refractivity contribution in [2.24, 2.45) is 0 Å². The summed E-state index contributed by atoms with van der Waals surface area (Å²) in [5.74, 6) is -0.516. The highest BCUT2D eigenvalue weighted by Crippen LogP contribution is 2.14. The molecule has 0 unspecified atom stereocenters. The lowest BCUT2D eigenvalue weighted by Gasteiger charge is -2.25. The number of morpholine rings is 1. The smallest absolute Gasteiger partial charge is 0.321 e. The Kier molecular flexibility index (Phi) is 7.37. The van der Waals surface area contributed by atoms with Gasteiger partial charge in [0.25, 0.3) is 0 Å². The maximum atomic E-state index is 12.1. The Morgan fingerprint density at radius 3 is 2.35 bits per heavy atom. The molecule has 4 N–H and O–H groups in total. The van der Waals surface area contributed by atoms with Gasteiger partial charge in [-0.1, -0.05) is 0 Å². The fourth-order valence-electron chi connectivity index (χ4n) is 2.41. The molecule has 9 nitrogen and oxygen atoms in total. The van der Waals surface area contributed by atoms with Crippen molar-refractivity contribution in [1.29, 1.82) is 0 Å². The van der Waals surface area contributed by atoms with Crippen LogP contribution in [0.1, 0.15) is 6.92 Å². The van der Waals surface area contributed by atoms with E-state index in [1.165, 1.54) is 7.05 Å². The number of rotatable bonds is 6. The summed E-state index contributed by atoms with van der Waals surface area (Å²) in [6.45, 7) is 4.80. The van der Waals surface area contributed by atoms with Gasteiger partial charge in [0.2, 0.25) is 11.8 Å². The predicted octanol–water partition coefficient (Wildman–Crippen LogP) is 0.213. The number of nitrogens with one attached hydrogen (secondary N) is 4. The molecule has 0 radical (unpaired) electrons. The Morgan fingerprint density at radius 1 is 1.12 bits per heavy atom. The summed E-state index contributed by atoms with van der Waals surface area (Å²) < 4.78 is 5.26. The molecule has 0 bridgehead atoms. The maximum Gasteiger partial charge on any atom is 0.321 e. The molecule has 0 spiro atoms. The van der Waals surface area contributed by atoms with E-state index in [1.807, 2.05) is 4.90 Å². The SMILES string of the molecule is CNC(=O)NC(=O)[C@H](C)Nc1ccc(NC(=O)CN2CCOCC2)cc1. The molecule has 1 heterocycles.